The van der Waals surface area contributed by atoms with E-state index in [2.05, 4.69) is 10.6 Å². The number of anilines is 1. The van der Waals surface area contributed by atoms with E-state index >= 15 is 0 Å². The molecule has 2 aromatic rings. The van der Waals surface area contributed by atoms with Crippen molar-refractivity contribution in [1.29, 1.82) is 0 Å². The van der Waals surface area contributed by atoms with Crippen LogP contribution in [-0.2, 0) is 9.59 Å². The van der Waals surface area contributed by atoms with Crippen molar-refractivity contribution in [3.05, 3.63) is 63.7 Å². The van der Waals surface area contributed by atoms with Crippen LogP contribution in [0.1, 0.15) is 27.0 Å². The fourth-order valence-corrected chi connectivity index (χ4v) is 3.11. The molecule has 0 bridgehead atoms. The molecule has 0 radical (unpaired) electrons. The minimum atomic E-state index is -0.442. The van der Waals surface area contributed by atoms with Crippen LogP contribution >= 0.6 is 11.6 Å². The van der Waals surface area contributed by atoms with Gasteiger partial charge in [-0.25, -0.2) is 0 Å². The SMILES string of the molecule is Cc1cc(C)c(NC(=O)CN(C)C(=O)CNC(=O)c2ccccc2Cl)c(C)c1. The summed E-state index contributed by atoms with van der Waals surface area (Å²) in [4.78, 5) is 37.9. The summed E-state index contributed by atoms with van der Waals surface area (Å²) in [6.07, 6.45) is 0. The molecule has 3 amide bonds. The van der Waals surface area contributed by atoms with Gasteiger partial charge in [0.1, 0.15) is 0 Å². The highest BCUT2D eigenvalue weighted by molar-refractivity contribution is 6.33. The molecule has 0 aliphatic heterocycles. The van der Waals surface area contributed by atoms with Crippen molar-refractivity contribution in [2.75, 3.05) is 25.5 Å². The van der Waals surface area contributed by atoms with Gasteiger partial charge in [0, 0.05) is 12.7 Å². The van der Waals surface area contributed by atoms with Gasteiger partial charge >= 0.3 is 0 Å². The van der Waals surface area contributed by atoms with Crippen LogP contribution in [0.5, 0.6) is 0 Å². The maximum absolute atomic E-state index is 12.3. The van der Waals surface area contributed by atoms with E-state index in [1.807, 2.05) is 32.9 Å². The minimum Gasteiger partial charge on any atom is -0.343 e. The van der Waals surface area contributed by atoms with E-state index in [-0.39, 0.29) is 24.9 Å². The monoisotopic (exact) mass is 401 g/mol. The van der Waals surface area contributed by atoms with Crippen LogP contribution in [0.3, 0.4) is 0 Å². The van der Waals surface area contributed by atoms with E-state index in [1.165, 1.54) is 11.9 Å². The number of nitrogens with one attached hydrogen (secondary N) is 2. The summed E-state index contributed by atoms with van der Waals surface area (Å²) in [7, 11) is 1.51. The van der Waals surface area contributed by atoms with Gasteiger partial charge in [0.15, 0.2) is 0 Å². The van der Waals surface area contributed by atoms with Gasteiger partial charge in [0.25, 0.3) is 5.91 Å². The number of hydrogen-bond acceptors (Lipinski definition) is 3. The van der Waals surface area contributed by atoms with Crippen LogP contribution < -0.4 is 10.6 Å². The number of likely N-dealkylation sites (N-methyl/N-ethyl adjacent to an activating group) is 1. The van der Waals surface area contributed by atoms with E-state index in [0.717, 1.165) is 22.4 Å². The van der Waals surface area contributed by atoms with Crippen LogP contribution in [-0.4, -0.2) is 42.8 Å². The first-order chi connectivity index (χ1) is 13.2. The first kappa shape index (κ1) is 21.4. The van der Waals surface area contributed by atoms with Crippen LogP contribution in [0.4, 0.5) is 5.69 Å². The second-order valence-corrected chi connectivity index (χ2v) is 7.14. The number of benzene rings is 2. The van der Waals surface area contributed by atoms with Crippen molar-refractivity contribution in [3.8, 4) is 0 Å². The second-order valence-electron chi connectivity index (χ2n) is 6.73. The molecule has 0 aromatic heterocycles. The third-order valence-electron chi connectivity index (χ3n) is 4.27. The Morgan fingerprint density at radius 3 is 2.25 bits per heavy atom. The highest BCUT2D eigenvalue weighted by atomic mass is 35.5. The quantitative estimate of drug-likeness (QED) is 0.780. The summed E-state index contributed by atoms with van der Waals surface area (Å²) in [6, 6.07) is 10.6. The first-order valence-electron chi connectivity index (χ1n) is 8.83. The molecule has 0 aliphatic carbocycles. The van der Waals surface area contributed by atoms with E-state index < -0.39 is 5.91 Å². The molecule has 2 N–H and O–H groups in total. The molecule has 2 aromatic carbocycles. The van der Waals surface area contributed by atoms with Crippen LogP contribution in [0.25, 0.3) is 0 Å². The third kappa shape index (κ3) is 5.57. The number of amides is 3. The molecule has 0 aliphatic rings. The van der Waals surface area contributed by atoms with Gasteiger partial charge < -0.3 is 15.5 Å². The summed E-state index contributed by atoms with van der Waals surface area (Å²) >= 11 is 5.97. The Labute approximate surface area is 169 Å². The van der Waals surface area contributed by atoms with Gasteiger partial charge in [-0.15, -0.1) is 0 Å². The molecule has 7 heteroatoms. The van der Waals surface area contributed by atoms with Gasteiger partial charge in [-0.05, 0) is 44.0 Å². The predicted octanol–water partition coefficient (Wildman–Crippen LogP) is 3.09. The maximum Gasteiger partial charge on any atom is 0.253 e. The standard InChI is InChI=1S/C21H24ClN3O3/c1-13-9-14(2)20(15(3)10-13)24-18(26)12-25(4)19(27)11-23-21(28)16-7-5-6-8-17(16)22/h5-10H,11-12H2,1-4H3,(H,23,28)(H,24,26). The third-order valence-corrected chi connectivity index (χ3v) is 4.60. The minimum absolute atomic E-state index is 0.118. The summed E-state index contributed by atoms with van der Waals surface area (Å²) in [5.74, 6) is -1.13. The number of aryl methyl sites for hydroxylation is 3. The van der Waals surface area contributed by atoms with E-state index in [4.69, 9.17) is 11.6 Å². The number of rotatable bonds is 6. The summed E-state index contributed by atoms with van der Waals surface area (Å²) in [5, 5.41) is 5.68. The molecule has 0 fully saturated rings. The van der Waals surface area contributed by atoms with Gasteiger partial charge in [-0.1, -0.05) is 41.4 Å². The summed E-state index contributed by atoms with van der Waals surface area (Å²) < 4.78 is 0. The molecular formula is C21H24ClN3O3. The van der Waals surface area contributed by atoms with Gasteiger partial charge in [-0.2, -0.15) is 0 Å². The normalized spacial score (nSPS) is 10.3. The zero-order chi connectivity index (χ0) is 20.8. The van der Waals surface area contributed by atoms with Crippen molar-refractivity contribution in [2.24, 2.45) is 0 Å². The molecule has 0 saturated heterocycles. The molecule has 0 unspecified atom stereocenters. The average Bonchev–Trinajstić information content (AvgIpc) is 2.62. The fourth-order valence-electron chi connectivity index (χ4n) is 2.89. The Morgan fingerprint density at radius 1 is 1.04 bits per heavy atom. The largest absolute Gasteiger partial charge is 0.343 e. The first-order valence-corrected chi connectivity index (χ1v) is 9.21. The number of carbonyl (C=O) groups is 3. The number of hydrogen-bond donors (Lipinski definition) is 2. The summed E-state index contributed by atoms with van der Waals surface area (Å²) in [5.41, 5.74) is 4.10. The van der Waals surface area contributed by atoms with Crippen molar-refractivity contribution in [2.45, 2.75) is 20.8 Å². The smallest absolute Gasteiger partial charge is 0.253 e. The van der Waals surface area contributed by atoms with Crippen LogP contribution in [0, 0.1) is 20.8 Å². The Hall–Kier alpha value is -2.86. The highest BCUT2D eigenvalue weighted by Gasteiger charge is 2.16. The Bertz CT molecular complexity index is 889. The lowest BCUT2D eigenvalue weighted by molar-refractivity contribution is -0.132. The fraction of sp³-hybridized carbons (Fsp3) is 0.286. The molecule has 0 heterocycles. The van der Waals surface area contributed by atoms with Crippen molar-refractivity contribution in [1.82, 2.24) is 10.2 Å². The molecule has 2 rings (SSSR count). The van der Waals surface area contributed by atoms with Crippen LogP contribution in [0.15, 0.2) is 36.4 Å². The molecular weight excluding hydrogens is 378 g/mol. The summed E-state index contributed by atoms with van der Waals surface area (Å²) in [6.45, 7) is 5.50. The predicted molar refractivity (Wildman–Crippen MR) is 111 cm³/mol. The number of halogens is 1. The van der Waals surface area contributed by atoms with E-state index in [1.54, 1.807) is 24.3 Å². The van der Waals surface area contributed by atoms with Crippen LogP contribution in [0.2, 0.25) is 5.02 Å². The van der Waals surface area contributed by atoms with Gasteiger partial charge in [0.05, 0.1) is 23.7 Å². The average molecular weight is 402 g/mol. The van der Waals surface area contributed by atoms with Crippen molar-refractivity contribution in [3.63, 3.8) is 0 Å². The van der Waals surface area contributed by atoms with Gasteiger partial charge in [0.2, 0.25) is 11.8 Å². The molecule has 0 atom stereocenters. The Morgan fingerprint density at radius 2 is 1.64 bits per heavy atom. The lowest BCUT2D eigenvalue weighted by atomic mass is 10.1. The number of nitrogens with zero attached hydrogens (tertiary/aromatic N) is 1. The zero-order valence-electron chi connectivity index (χ0n) is 16.4. The maximum atomic E-state index is 12.3. The molecule has 0 spiro atoms. The zero-order valence-corrected chi connectivity index (χ0v) is 17.2. The topological polar surface area (TPSA) is 78.5 Å². The van der Waals surface area contributed by atoms with Crippen molar-refractivity contribution < 1.29 is 14.4 Å². The lowest BCUT2D eigenvalue weighted by Gasteiger charge is -2.19. The lowest BCUT2D eigenvalue weighted by Crippen LogP contribution is -2.41. The highest BCUT2D eigenvalue weighted by Crippen LogP contribution is 2.21. The second kappa shape index (κ2) is 9.37. The van der Waals surface area contributed by atoms with E-state index in [9.17, 15) is 14.4 Å². The van der Waals surface area contributed by atoms with Gasteiger partial charge in [-0.3, -0.25) is 14.4 Å². The van der Waals surface area contributed by atoms with Crippen molar-refractivity contribution >= 4 is 35.0 Å². The molecule has 28 heavy (non-hydrogen) atoms. The Kier molecular flexibility index (Phi) is 7.18. The Balaban J connectivity index is 1.89. The van der Waals surface area contributed by atoms with E-state index in [0.29, 0.717) is 10.6 Å². The molecule has 0 saturated carbocycles. The molecule has 6 nitrogen and oxygen atoms in total. The molecule has 148 valence electrons. The number of carbonyl (C=O) groups excluding carboxylic acids is 3.